The van der Waals surface area contributed by atoms with Gasteiger partial charge in [0.15, 0.2) is 0 Å². The average molecular weight is 522 g/mol. The molecule has 2 aliphatic rings. The number of benzene rings is 2. The van der Waals surface area contributed by atoms with Gasteiger partial charge in [0.2, 0.25) is 0 Å². The monoisotopic (exact) mass is 521 g/mol. The summed E-state index contributed by atoms with van der Waals surface area (Å²) in [6, 6.07) is 7.62. The maximum absolute atomic E-state index is 15.5. The van der Waals surface area contributed by atoms with E-state index in [9.17, 15) is 19.2 Å². The van der Waals surface area contributed by atoms with E-state index in [2.05, 4.69) is 10.4 Å². The minimum absolute atomic E-state index is 0.0661. The Balaban J connectivity index is 1.54. The van der Waals surface area contributed by atoms with Gasteiger partial charge in [-0.05, 0) is 62.8 Å². The zero-order valence-corrected chi connectivity index (χ0v) is 21.2. The molecule has 1 aromatic heterocycles. The second-order valence-corrected chi connectivity index (χ2v) is 10.00. The van der Waals surface area contributed by atoms with Crippen molar-refractivity contribution in [1.29, 1.82) is 5.26 Å². The normalized spacial score (nSPS) is 16.4. The molecular formula is C28H29F2N5O3. The largest absolute Gasteiger partial charge is 0.490 e. The third-order valence-electron chi connectivity index (χ3n) is 7.47. The summed E-state index contributed by atoms with van der Waals surface area (Å²) in [4.78, 5) is 26.3. The minimum atomic E-state index is -0.815. The number of amides is 1. The number of rotatable bonds is 6. The molecule has 8 nitrogen and oxygen atoms in total. The van der Waals surface area contributed by atoms with Crippen LogP contribution in [0.25, 0.3) is 5.69 Å². The lowest BCUT2D eigenvalue weighted by molar-refractivity contribution is 0.0997. The van der Waals surface area contributed by atoms with Gasteiger partial charge in [-0.25, -0.2) is 13.6 Å². The minimum Gasteiger partial charge on any atom is -0.490 e. The van der Waals surface area contributed by atoms with E-state index in [1.807, 2.05) is 13.0 Å². The number of anilines is 1. The first-order chi connectivity index (χ1) is 18.4. The maximum Gasteiger partial charge on any atom is 0.350 e. The first kappa shape index (κ1) is 25.6. The molecule has 0 spiro atoms. The van der Waals surface area contributed by atoms with Crippen LogP contribution in [0.1, 0.15) is 73.6 Å². The standard InChI is InChI=1S/C28H29F2N5O3/c1-17(18-7-3-2-4-8-18)38-25-15-24(35-28(37)34-12-6-5-9-26(34)33-35)22(30)14-21(25)27(36)32-23-11-10-20(29)13-19(23)16-31/h10-11,13-15,17-18H,2-9,12H2,1H3,(H,32,36)/t17-/m0/s1. The van der Waals surface area contributed by atoms with Gasteiger partial charge >= 0.3 is 5.69 Å². The molecule has 0 saturated heterocycles. The molecule has 1 aliphatic carbocycles. The van der Waals surface area contributed by atoms with Gasteiger partial charge < -0.3 is 10.1 Å². The number of hydrogen-bond acceptors (Lipinski definition) is 5. The lowest BCUT2D eigenvalue weighted by Crippen LogP contribution is -2.28. The van der Waals surface area contributed by atoms with Crippen molar-refractivity contribution < 1.29 is 18.3 Å². The van der Waals surface area contributed by atoms with Gasteiger partial charge in [0, 0.05) is 19.0 Å². The van der Waals surface area contributed by atoms with E-state index in [-0.39, 0.29) is 40.3 Å². The Morgan fingerprint density at radius 1 is 1.16 bits per heavy atom. The van der Waals surface area contributed by atoms with Gasteiger partial charge in [0.1, 0.15) is 35.0 Å². The number of halogens is 2. The van der Waals surface area contributed by atoms with E-state index < -0.39 is 23.2 Å². The van der Waals surface area contributed by atoms with E-state index >= 15 is 4.39 Å². The summed E-state index contributed by atoms with van der Waals surface area (Å²) in [7, 11) is 0. The summed E-state index contributed by atoms with van der Waals surface area (Å²) in [6.07, 6.45) is 7.47. The van der Waals surface area contributed by atoms with Crippen LogP contribution < -0.4 is 15.7 Å². The number of carbonyl (C=O) groups is 1. The first-order valence-electron chi connectivity index (χ1n) is 13.1. The molecule has 2 aromatic carbocycles. The third kappa shape index (κ3) is 5.05. The molecule has 1 atom stereocenters. The van der Waals surface area contributed by atoms with E-state index in [0.717, 1.165) is 61.4 Å². The molecule has 0 unspecified atom stereocenters. The summed E-state index contributed by atoms with van der Waals surface area (Å²) in [5, 5.41) is 16.3. The fourth-order valence-corrected chi connectivity index (χ4v) is 5.34. The Labute approximate surface area is 218 Å². The summed E-state index contributed by atoms with van der Waals surface area (Å²) >= 11 is 0. The van der Waals surface area contributed by atoms with E-state index in [4.69, 9.17) is 4.74 Å². The lowest BCUT2D eigenvalue weighted by Gasteiger charge is -2.29. The molecule has 2 heterocycles. The average Bonchev–Trinajstić information content (AvgIpc) is 3.26. The Hall–Kier alpha value is -4.00. The molecule has 3 aromatic rings. The summed E-state index contributed by atoms with van der Waals surface area (Å²) in [5.74, 6) is -1.17. The number of aromatic nitrogens is 3. The Morgan fingerprint density at radius 3 is 2.68 bits per heavy atom. The molecule has 0 radical (unpaired) electrons. The fraction of sp³-hybridized carbons (Fsp3) is 0.429. The highest BCUT2D eigenvalue weighted by Crippen LogP contribution is 2.32. The van der Waals surface area contributed by atoms with Gasteiger partial charge in [-0.2, -0.15) is 9.94 Å². The quantitative estimate of drug-likeness (QED) is 0.485. The summed E-state index contributed by atoms with van der Waals surface area (Å²) < 4.78 is 37.9. The molecule has 198 valence electrons. The summed E-state index contributed by atoms with van der Waals surface area (Å²) in [6.45, 7) is 2.45. The molecule has 10 heteroatoms. The maximum atomic E-state index is 15.5. The fourth-order valence-electron chi connectivity index (χ4n) is 5.34. The summed E-state index contributed by atoms with van der Waals surface area (Å²) in [5.41, 5.74) is -0.610. The molecule has 1 fully saturated rings. The number of hydrogen-bond donors (Lipinski definition) is 1. The third-order valence-corrected chi connectivity index (χ3v) is 7.47. The second kappa shape index (κ2) is 10.8. The van der Waals surface area contributed by atoms with Gasteiger partial charge in [-0.3, -0.25) is 9.36 Å². The van der Waals surface area contributed by atoms with Crippen LogP contribution in [-0.2, 0) is 13.0 Å². The number of carbonyl (C=O) groups excluding carboxylic acids is 1. The molecule has 1 saturated carbocycles. The Bertz CT molecular complexity index is 1470. The van der Waals surface area contributed by atoms with Crippen molar-refractivity contribution in [3.05, 3.63) is 69.4 Å². The number of fused-ring (bicyclic) bond motifs is 1. The first-order valence-corrected chi connectivity index (χ1v) is 13.1. The topological polar surface area (TPSA) is 102 Å². The molecule has 1 aliphatic heterocycles. The van der Waals surface area contributed by atoms with Crippen molar-refractivity contribution in [3.63, 3.8) is 0 Å². The smallest absolute Gasteiger partial charge is 0.350 e. The highest BCUT2D eigenvalue weighted by molar-refractivity contribution is 6.07. The highest BCUT2D eigenvalue weighted by Gasteiger charge is 2.27. The number of ether oxygens (including phenoxy) is 1. The van der Waals surface area contributed by atoms with Gasteiger partial charge in [0.25, 0.3) is 5.91 Å². The van der Waals surface area contributed by atoms with Crippen LogP contribution in [0.2, 0.25) is 0 Å². The molecule has 1 amide bonds. The van der Waals surface area contributed by atoms with Crippen LogP contribution in [-0.4, -0.2) is 26.4 Å². The molecule has 38 heavy (non-hydrogen) atoms. The van der Waals surface area contributed by atoms with Gasteiger partial charge in [0.05, 0.1) is 22.9 Å². The Kier molecular flexibility index (Phi) is 7.27. The molecule has 5 rings (SSSR count). The van der Waals surface area contributed by atoms with Crippen LogP contribution in [0.3, 0.4) is 0 Å². The predicted octanol–water partition coefficient (Wildman–Crippen LogP) is 5.12. The van der Waals surface area contributed by atoms with E-state index in [1.165, 1.54) is 18.6 Å². The molecule has 0 bridgehead atoms. The van der Waals surface area contributed by atoms with Crippen LogP contribution in [0, 0.1) is 28.9 Å². The SMILES string of the molecule is C[C@H](Oc1cc(-n2nc3n(c2=O)CCCC3)c(F)cc1C(=O)Nc1ccc(F)cc1C#N)C1CCCCC1. The number of nitrogens with one attached hydrogen (secondary N) is 1. The highest BCUT2D eigenvalue weighted by atomic mass is 19.1. The predicted molar refractivity (Wildman–Crippen MR) is 136 cm³/mol. The number of nitrogens with zero attached hydrogens (tertiary/aromatic N) is 4. The van der Waals surface area contributed by atoms with Crippen molar-refractivity contribution in [2.75, 3.05) is 5.32 Å². The van der Waals surface area contributed by atoms with Crippen LogP contribution in [0.15, 0.2) is 35.1 Å². The van der Waals surface area contributed by atoms with E-state index in [1.54, 1.807) is 4.57 Å². The van der Waals surface area contributed by atoms with Crippen molar-refractivity contribution in [2.45, 2.75) is 70.9 Å². The van der Waals surface area contributed by atoms with Crippen molar-refractivity contribution >= 4 is 11.6 Å². The zero-order valence-electron chi connectivity index (χ0n) is 21.2. The van der Waals surface area contributed by atoms with Gasteiger partial charge in [-0.1, -0.05) is 19.3 Å². The second-order valence-electron chi connectivity index (χ2n) is 10.00. The van der Waals surface area contributed by atoms with Gasteiger partial charge in [-0.15, -0.1) is 5.10 Å². The number of aryl methyl sites for hydroxylation is 1. The van der Waals surface area contributed by atoms with Crippen molar-refractivity contribution in [2.24, 2.45) is 5.92 Å². The molecular weight excluding hydrogens is 492 g/mol. The Morgan fingerprint density at radius 2 is 1.95 bits per heavy atom. The lowest BCUT2D eigenvalue weighted by atomic mass is 9.86. The van der Waals surface area contributed by atoms with Crippen LogP contribution in [0.4, 0.5) is 14.5 Å². The van der Waals surface area contributed by atoms with Crippen LogP contribution in [0.5, 0.6) is 5.75 Å². The zero-order chi connectivity index (χ0) is 26.8. The van der Waals surface area contributed by atoms with Crippen molar-refractivity contribution in [3.8, 4) is 17.5 Å². The van der Waals surface area contributed by atoms with E-state index in [0.29, 0.717) is 18.8 Å². The molecule has 1 N–H and O–H groups in total. The van der Waals surface area contributed by atoms with Crippen molar-refractivity contribution in [1.82, 2.24) is 14.3 Å². The number of nitriles is 1. The van der Waals surface area contributed by atoms with Crippen LogP contribution >= 0.6 is 0 Å².